The molecule has 6 nitrogen and oxygen atoms in total. The topological polar surface area (TPSA) is 92.7 Å². The molecule has 88 valence electrons. The predicted octanol–water partition coefficient (Wildman–Crippen LogP) is -0.984. The molecule has 7 heteroatoms. The van der Waals surface area contributed by atoms with Crippen molar-refractivity contribution in [3.8, 4) is 0 Å². The minimum atomic E-state index is -3.34. The summed E-state index contributed by atoms with van der Waals surface area (Å²) in [6.07, 6.45) is -0.0948. The van der Waals surface area contributed by atoms with E-state index in [1.807, 2.05) is 0 Å². The number of hydrogen-bond acceptors (Lipinski definition) is 5. The molecule has 0 saturated carbocycles. The summed E-state index contributed by atoms with van der Waals surface area (Å²) in [5, 5.41) is 9.21. The number of aliphatic hydroxyl groups is 1. The molecule has 0 spiro atoms. The van der Waals surface area contributed by atoms with Gasteiger partial charge in [-0.25, -0.2) is 17.9 Å². The Bertz CT molecular complexity index is 335. The van der Waals surface area contributed by atoms with Crippen LogP contribution in [-0.4, -0.2) is 45.0 Å². The van der Waals surface area contributed by atoms with Crippen molar-refractivity contribution in [3.63, 3.8) is 0 Å². The molecule has 0 aromatic heterocycles. The summed E-state index contributed by atoms with van der Waals surface area (Å²) in [6, 6.07) is 0. The summed E-state index contributed by atoms with van der Waals surface area (Å²) in [5.74, 6) is -0.617. The number of rotatable bonds is 6. The van der Waals surface area contributed by atoms with Crippen molar-refractivity contribution in [3.05, 3.63) is 12.2 Å². The van der Waals surface area contributed by atoms with E-state index >= 15 is 0 Å². The van der Waals surface area contributed by atoms with Crippen LogP contribution in [0.3, 0.4) is 0 Å². The highest BCUT2D eigenvalue weighted by Crippen LogP contribution is 1.93. The number of aliphatic hydroxyl groups excluding tert-OH is 1. The van der Waals surface area contributed by atoms with Crippen LogP contribution in [-0.2, 0) is 19.6 Å². The molecule has 2 N–H and O–H groups in total. The van der Waals surface area contributed by atoms with Crippen molar-refractivity contribution in [2.45, 2.75) is 13.0 Å². The molecule has 1 unspecified atom stereocenters. The van der Waals surface area contributed by atoms with Crippen LogP contribution in [0, 0.1) is 0 Å². The molecular formula is C8H15NO5S. The number of sulfonamides is 1. The Morgan fingerprint density at radius 1 is 1.60 bits per heavy atom. The molecule has 0 fully saturated rings. The van der Waals surface area contributed by atoms with E-state index in [4.69, 9.17) is 0 Å². The first-order chi connectivity index (χ1) is 6.72. The second kappa shape index (κ2) is 5.84. The van der Waals surface area contributed by atoms with E-state index in [1.54, 1.807) is 0 Å². The zero-order chi connectivity index (χ0) is 12.1. The number of carbonyl (C=O) groups excluding carboxylic acids is 1. The van der Waals surface area contributed by atoms with Crippen molar-refractivity contribution in [2.75, 3.05) is 19.4 Å². The van der Waals surface area contributed by atoms with Gasteiger partial charge in [-0.05, 0) is 6.92 Å². The normalized spacial score (nSPS) is 13.3. The SMILES string of the molecule is C=C(C)C(=O)OCC(O)CNS(C)(=O)=O. The highest BCUT2D eigenvalue weighted by molar-refractivity contribution is 7.88. The van der Waals surface area contributed by atoms with Crippen molar-refractivity contribution < 1.29 is 23.1 Å². The number of ether oxygens (including phenoxy) is 1. The third kappa shape index (κ3) is 8.10. The fourth-order valence-corrected chi connectivity index (χ4v) is 1.10. The second-order valence-electron chi connectivity index (χ2n) is 3.15. The van der Waals surface area contributed by atoms with Gasteiger partial charge in [0, 0.05) is 12.1 Å². The number of hydrogen-bond donors (Lipinski definition) is 2. The Morgan fingerprint density at radius 2 is 2.13 bits per heavy atom. The van der Waals surface area contributed by atoms with E-state index in [-0.39, 0.29) is 18.7 Å². The van der Waals surface area contributed by atoms with Gasteiger partial charge in [0.05, 0.1) is 6.26 Å². The molecule has 0 rings (SSSR count). The zero-order valence-electron chi connectivity index (χ0n) is 8.69. The maximum absolute atomic E-state index is 10.9. The summed E-state index contributed by atoms with van der Waals surface area (Å²) in [6.45, 7) is 4.36. The van der Waals surface area contributed by atoms with E-state index in [1.165, 1.54) is 6.92 Å². The molecular weight excluding hydrogens is 222 g/mol. The highest BCUT2D eigenvalue weighted by Gasteiger charge is 2.11. The highest BCUT2D eigenvalue weighted by atomic mass is 32.2. The molecule has 0 aliphatic heterocycles. The van der Waals surface area contributed by atoms with Crippen molar-refractivity contribution in [1.82, 2.24) is 4.72 Å². The van der Waals surface area contributed by atoms with Crippen LogP contribution in [0.1, 0.15) is 6.92 Å². The largest absolute Gasteiger partial charge is 0.460 e. The molecule has 1 atom stereocenters. The van der Waals surface area contributed by atoms with Gasteiger partial charge in [0.15, 0.2) is 0 Å². The lowest BCUT2D eigenvalue weighted by molar-refractivity contribution is -0.141. The molecule has 0 bridgehead atoms. The van der Waals surface area contributed by atoms with Crippen LogP contribution in [0.5, 0.6) is 0 Å². The molecule has 0 heterocycles. The number of nitrogens with one attached hydrogen (secondary N) is 1. The summed E-state index contributed by atoms with van der Waals surface area (Å²) < 4.78 is 28.0. The van der Waals surface area contributed by atoms with Gasteiger partial charge in [-0.2, -0.15) is 0 Å². The Balaban J connectivity index is 3.81. The van der Waals surface area contributed by atoms with Gasteiger partial charge in [0.1, 0.15) is 12.7 Å². The second-order valence-corrected chi connectivity index (χ2v) is 4.99. The predicted molar refractivity (Wildman–Crippen MR) is 54.6 cm³/mol. The van der Waals surface area contributed by atoms with Crippen LogP contribution in [0.15, 0.2) is 12.2 Å². The Kier molecular flexibility index (Phi) is 5.48. The lowest BCUT2D eigenvalue weighted by Crippen LogP contribution is -2.34. The standard InChI is InChI=1S/C8H15NO5S/c1-6(2)8(11)14-5-7(10)4-9-15(3,12)13/h7,9-10H,1,4-5H2,2-3H3. The van der Waals surface area contributed by atoms with Gasteiger partial charge in [0.25, 0.3) is 0 Å². The van der Waals surface area contributed by atoms with Gasteiger partial charge >= 0.3 is 5.97 Å². The van der Waals surface area contributed by atoms with Crippen molar-refractivity contribution in [2.24, 2.45) is 0 Å². The maximum atomic E-state index is 10.9. The molecule has 0 aromatic rings. The lowest BCUT2D eigenvalue weighted by atomic mass is 10.3. The third-order valence-electron chi connectivity index (χ3n) is 1.34. The fourth-order valence-electron chi connectivity index (χ4n) is 0.602. The Morgan fingerprint density at radius 3 is 2.53 bits per heavy atom. The molecule has 0 aromatic carbocycles. The Labute approximate surface area is 89.0 Å². The smallest absolute Gasteiger partial charge is 0.333 e. The summed E-state index contributed by atoms with van der Waals surface area (Å²) in [4.78, 5) is 10.9. The zero-order valence-corrected chi connectivity index (χ0v) is 9.50. The van der Waals surface area contributed by atoms with E-state index in [9.17, 15) is 18.3 Å². The van der Waals surface area contributed by atoms with Crippen LogP contribution < -0.4 is 4.72 Å². The molecule has 15 heavy (non-hydrogen) atoms. The minimum absolute atomic E-state index is 0.192. The number of carbonyl (C=O) groups is 1. The van der Waals surface area contributed by atoms with Crippen LogP contribution in [0.4, 0.5) is 0 Å². The summed E-state index contributed by atoms with van der Waals surface area (Å²) in [5.41, 5.74) is 0.221. The van der Waals surface area contributed by atoms with Gasteiger partial charge in [-0.1, -0.05) is 6.58 Å². The first-order valence-electron chi connectivity index (χ1n) is 4.17. The quantitative estimate of drug-likeness (QED) is 0.457. The molecule has 0 aliphatic rings. The average molecular weight is 237 g/mol. The van der Waals surface area contributed by atoms with Gasteiger partial charge < -0.3 is 9.84 Å². The third-order valence-corrected chi connectivity index (χ3v) is 2.03. The average Bonchev–Trinajstić information content (AvgIpc) is 2.09. The number of esters is 1. The van der Waals surface area contributed by atoms with Crippen molar-refractivity contribution >= 4 is 16.0 Å². The van der Waals surface area contributed by atoms with E-state index in [0.717, 1.165) is 6.26 Å². The van der Waals surface area contributed by atoms with E-state index in [2.05, 4.69) is 16.0 Å². The fraction of sp³-hybridized carbons (Fsp3) is 0.625. The Hall–Kier alpha value is -0.920. The van der Waals surface area contributed by atoms with Crippen molar-refractivity contribution in [1.29, 1.82) is 0 Å². The van der Waals surface area contributed by atoms with Crippen LogP contribution in [0.25, 0.3) is 0 Å². The molecule has 0 saturated heterocycles. The van der Waals surface area contributed by atoms with E-state index < -0.39 is 22.1 Å². The van der Waals surface area contributed by atoms with Gasteiger partial charge in [-0.3, -0.25) is 0 Å². The van der Waals surface area contributed by atoms with Gasteiger partial charge in [0.2, 0.25) is 10.0 Å². The summed E-state index contributed by atoms with van der Waals surface area (Å²) in [7, 11) is -3.34. The molecule has 0 aliphatic carbocycles. The molecule has 0 amide bonds. The monoisotopic (exact) mass is 237 g/mol. The first kappa shape index (κ1) is 14.1. The molecule has 0 radical (unpaired) electrons. The lowest BCUT2D eigenvalue weighted by Gasteiger charge is -2.11. The minimum Gasteiger partial charge on any atom is -0.460 e. The maximum Gasteiger partial charge on any atom is 0.333 e. The summed E-state index contributed by atoms with van der Waals surface area (Å²) >= 11 is 0. The van der Waals surface area contributed by atoms with Crippen LogP contribution in [0.2, 0.25) is 0 Å². The van der Waals surface area contributed by atoms with Crippen LogP contribution >= 0.6 is 0 Å². The first-order valence-corrected chi connectivity index (χ1v) is 6.07. The van der Waals surface area contributed by atoms with E-state index in [0.29, 0.717) is 0 Å². The van der Waals surface area contributed by atoms with Gasteiger partial charge in [-0.15, -0.1) is 0 Å².